The van der Waals surface area contributed by atoms with Crippen LogP contribution >= 0.6 is 0 Å². The van der Waals surface area contributed by atoms with Crippen LogP contribution in [0.25, 0.3) is 0 Å². The molecule has 1 aliphatic rings. The predicted octanol–water partition coefficient (Wildman–Crippen LogP) is 3.18. The first-order valence-corrected chi connectivity index (χ1v) is 8.18. The molecule has 2 unspecified atom stereocenters. The number of hydrogen-bond donors (Lipinski definition) is 2. The molecule has 4 nitrogen and oxygen atoms in total. The van der Waals surface area contributed by atoms with Crippen molar-refractivity contribution in [2.45, 2.75) is 46.5 Å². The van der Waals surface area contributed by atoms with Gasteiger partial charge in [0.2, 0.25) is 11.8 Å². The maximum atomic E-state index is 12.2. The summed E-state index contributed by atoms with van der Waals surface area (Å²) in [6.07, 6.45) is 3.94. The van der Waals surface area contributed by atoms with Gasteiger partial charge in [-0.15, -0.1) is 0 Å². The van der Waals surface area contributed by atoms with Gasteiger partial charge in [0, 0.05) is 12.2 Å². The van der Waals surface area contributed by atoms with Crippen LogP contribution in [0.1, 0.15) is 43.7 Å². The first-order chi connectivity index (χ1) is 10.5. The predicted molar refractivity (Wildman–Crippen MR) is 88.7 cm³/mol. The van der Waals surface area contributed by atoms with Gasteiger partial charge >= 0.3 is 0 Å². The van der Waals surface area contributed by atoms with Gasteiger partial charge in [-0.3, -0.25) is 9.59 Å². The topological polar surface area (TPSA) is 58.2 Å². The molecule has 0 saturated heterocycles. The first-order valence-electron chi connectivity index (χ1n) is 8.18. The molecule has 22 heavy (non-hydrogen) atoms. The van der Waals surface area contributed by atoms with E-state index in [1.807, 2.05) is 32.0 Å². The third-order valence-electron chi connectivity index (χ3n) is 4.32. The molecule has 0 spiro atoms. The largest absolute Gasteiger partial charge is 0.356 e. The average Bonchev–Trinajstić information content (AvgIpc) is 3.28. The van der Waals surface area contributed by atoms with E-state index < -0.39 is 0 Å². The highest BCUT2D eigenvalue weighted by atomic mass is 16.2. The summed E-state index contributed by atoms with van der Waals surface area (Å²) in [5, 5.41) is 5.84. The lowest BCUT2D eigenvalue weighted by Crippen LogP contribution is -2.28. The number of anilines is 1. The van der Waals surface area contributed by atoms with Gasteiger partial charge < -0.3 is 10.6 Å². The van der Waals surface area contributed by atoms with Gasteiger partial charge in [-0.1, -0.05) is 25.8 Å². The van der Waals surface area contributed by atoms with Crippen molar-refractivity contribution in [3.63, 3.8) is 0 Å². The van der Waals surface area contributed by atoms with Crippen molar-refractivity contribution in [1.29, 1.82) is 0 Å². The van der Waals surface area contributed by atoms with Crippen molar-refractivity contribution in [1.82, 2.24) is 5.32 Å². The summed E-state index contributed by atoms with van der Waals surface area (Å²) in [6.45, 7) is 6.92. The zero-order valence-electron chi connectivity index (χ0n) is 13.7. The normalized spacial score (nSPS) is 19.6. The molecule has 0 aromatic heterocycles. The van der Waals surface area contributed by atoms with E-state index >= 15 is 0 Å². The summed E-state index contributed by atoms with van der Waals surface area (Å²) in [5.41, 5.74) is 3.16. The molecule has 0 radical (unpaired) electrons. The zero-order valence-corrected chi connectivity index (χ0v) is 13.7. The van der Waals surface area contributed by atoms with Crippen LogP contribution in [-0.2, 0) is 9.59 Å². The Morgan fingerprint density at radius 1 is 1.09 bits per heavy atom. The molecule has 1 saturated carbocycles. The molecule has 0 aliphatic heterocycles. The smallest absolute Gasteiger partial charge is 0.228 e. The summed E-state index contributed by atoms with van der Waals surface area (Å²) < 4.78 is 0. The molecule has 2 atom stereocenters. The fraction of sp³-hybridized carbons (Fsp3) is 0.556. The van der Waals surface area contributed by atoms with Crippen molar-refractivity contribution in [3.8, 4) is 0 Å². The van der Waals surface area contributed by atoms with Crippen LogP contribution in [0, 0.1) is 25.7 Å². The number of hydrogen-bond acceptors (Lipinski definition) is 2. The van der Waals surface area contributed by atoms with Crippen molar-refractivity contribution in [2.75, 3.05) is 11.9 Å². The van der Waals surface area contributed by atoms with Crippen LogP contribution in [0.4, 0.5) is 5.69 Å². The molecule has 2 amide bonds. The van der Waals surface area contributed by atoms with Gasteiger partial charge in [-0.2, -0.15) is 0 Å². The SMILES string of the molecule is CCCCCNC(=O)C1CC1C(=O)Nc1ccc(C)c(C)c1. The summed E-state index contributed by atoms with van der Waals surface area (Å²) in [6, 6.07) is 5.87. The van der Waals surface area contributed by atoms with Gasteiger partial charge in [0.05, 0.1) is 11.8 Å². The molecule has 4 heteroatoms. The van der Waals surface area contributed by atoms with E-state index in [0.717, 1.165) is 30.5 Å². The highest BCUT2D eigenvalue weighted by Crippen LogP contribution is 2.39. The average molecular weight is 302 g/mol. The van der Waals surface area contributed by atoms with Gasteiger partial charge in [0.25, 0.3) is 0 Å². The van der Waals surface area contributed by atoms with E-state index in [9.17, 15) is 9.59 Å². The van der Waals surface area contributed by atoms with Crippen LogP contribution in [0.5, 0.6) is 0 Å². The van der Waals surface area contributed by atoms with E-state index in [2.05, 4.69) is 17.6 Å². The second kappa shape index (κ2) is 7.43. The molecular formula is C18H26N2O2. The van der Waals surface area contributed by atoms with E-state index in [1.165, 1.54) is 5.56 Å². The maximum absolute atomic E-state index is 12.2. The van der Waals surface area contributed by atoms with E-state index in [0.29, 0.717) is 13.0 Å². The third-order valence-corrected chi connectivity index (χ3v) is 4.32. The minimum atomic E-state index is -0.173. The summed E-state index contributed by atoms with van der Waals surface area (Å²) in [7, 11) is 0. The summed E-state index contributed by atoms with van der Waals surface area (Å²) >= 11 is 0. The molecule has 1 aromatic rings. The fourth-order valence-electron chi connectivity index (χ4n) is 2.55. The number of carbonyl (C=O) groups is 2. The highest BCUT2D eigenvalue weighted by Gasteiger charge is 2.47. The quantitative estimate of drug-likeness (QED) is 0.760. The van der Waals surface area contributed by atoms with Crippen LogP contribution in [-0.4, -0.2) is 18.4 Å². The lowest BCUT2D eigenvalue weighted by Gasteiger charge is -2.08. The Balaban J connectivity index is 1.78. The Morgan fingerprint density at radius 2 is 1.82 bits per heavy atom. The van der Waals surface area contributed by atoms with Crippen molar-refractivity contribution in [2.24, 2.45) is 11.8 Å². The van der Waals surface area contributed by atoms with Gasteiger partial charge in [-0.25, -0.2) is 0 Å². The molecule has 0 bridgehead atoms. The van der Waals surface area contributed by atoms with Crippen LogP contribution in [0.2, 0.25) is 0 Å². The molecule has 2 rings (SSSR count). The van der Waals surface area contributed by atoms with Gasteiger partial charge in [0.1, 0.15) is 0 Å². The maximum Gasteiger partial charge on any atom is 0.228 e. The Morgan fingerprint density at radius 3 is 2.50 bits per heavy atom. The number of benzene rings is 1. The Bertz CT molecular complexity index is 554. The third kappa shape index (κ3) is 4.33. The molecule has 120 valence electrons. The number of aryl methyl sites for hydroxylation is 2. The standard InChI is InChI=1S/C18H26N2O2/c1-4-5-6-9-19-17(21)15-11-16(15)18(22)20-14-8-7-12(2)13(3)10-14/h7-8,10,15-16H,4-6,9,11H2,1-3H3,(H,19,21)(H,20,22). The lowest BCUT2D eigenvalue weighted by atomic mass is 10.1. The lowest BCUT2D eigenvalue weighted by molar-refractivity contribution is -0.125. The number of amides is 2. The molecular weight excluding hydrogens is 276 g/mol. The van der Waals surface area contributed by atoms with Crippen LogP contribution < -0.4 is 10.6 Å². The Hall–Kier alpha value is -1.84. The summed E-state index contributed by atoms with van der Waals surface area (Å²) in [5.74, 6) is -0.339. The molecule has 1 fully saturated rings. The molecule has 0 heterocycles. The van der Waals surface area contributed by atoms with E-state index in [4.69, 9.17) is 0 Å². The van der Waals surface area contributed by atoms with Crippen molar-refractivity contribution < 1.29 is 9.59 Å². The molecule has 2 N–H and O–H groups in total. The zero-order chi connectivity index (χ0) is 16.1. The molecule has 1 aromatic carbocycles. The van der Waals surface area contributed by atoms with E-state index in [1.54, 1.807) is 0 Å². The second-order valence-electron chi connectivity index (χ2n) is 6.24. The number of carbonyl (C=O) groups excluding carboxylic acids is 2. The Kier molecular flexibility index (Phi) is 5.58. The number of rotatable bonds is 7. The van der Waals surface area contributed by atoms with Gasteiger partial charge in [-0.05, 0) is 49.9 Å². The highest BCUT2D eigenvalue weighted by molar-refractivity contribution is 5.99. The van der Waals surface area contributed by atoms with Crippen molar-refractivity contribution >= 4 is 17.5 Å². The first kappa shape index (κ1) is 16.5. The second-order valence-corrected chi connectivity index (χ2v) is 6.24. The fourth-order valence-corrected chi connectivity index (χ4v) is 2.55. The minimum absolute atomic E-state index is 0.0244. The molecule has 1 aliphatic carbocycles. The number of nitrogens with one attached hydrogen (secondary N) is 2. The number of unbranched alkanes of at least 4 members (excludes halogenated alkanes) is 2. The van der Waals surface area contributed by atoms with Gasteiger partial charge in [0.15, 0.2) is 0 Å². The van der Waals surface area contributed by atoms with E-state index in [-0.39, 0.29) is 23.7 Å². The monoisotopic (exact) mass is 302 g/mol. The summed E-state index contributed by atoms with van der Waals surface area (Å²) in [4.78, 5) is 24.1. The minimum Gasteiger partial charge on any atom is -0.356 e. The Labute approximate surface area is 132 Å². The van der Waals surface area contributed by atoms with Crippen LogP contribution in [0.15, 0.2) is 18.2 Å². The van der Waals surface area contributed by atoms with Crippen LogP contribution in [0.3, 0.4) is 0 Å². The van der Waals surface area contributed by atoms with Crippen molar-refractivity contribution in [3.05, 3.63) is 29.3 Å².